The Morgan fingerprint density at radius 2 is 2.40 bits per heavy atom. The standard InChI is InChI=1S/C11H15N5O2S2/c1-3-4-16-10(18)14-15-11(16)20-6-8-5-19-9(13-8)12-7(2)17/h5H,3-4,6H2,1-2H3,(H,14,18)(H,12,13,17). The number of nitrogens with one attached hydrogen (secondary N) is 2. The van der Waals surface area contributed by atoms with Crippen molar-refractivity contribution in [3.63, 3.8) is 0 Å². The third-order valence-electron chi connectivity index (χ3n) is 2.35. The van der Waals surface area contributed by atoms with Crippen LogP contribution in [-0.2, 0) is 17.1 Å². The number of H-pyrrole nitrogens is 1. The number of anilines is 1. The third-order valence-corrected chi connectivity index (χ3v) is 4.17. The van der Waals surface area contributed by atoms with Gasteiger partial charge in [0.05, 0.1) is 5.69 Å². The van der Waals surface area contributed by atoms with Crippen LogP contribution in [0.25, 0.3) is 0 Å². The molecule has 0 unspecified atom stereocenters. The minimum absolute atomic E-state index is 0.136. The first kappa shape index (κ1) is 14.8. The van der Waals surface area contributed by atoms with Gasteiger partial charge in [-0.1, -0.05) is 18.7 Å². The molecule has 0 spiro atoms. The fraction of sp³-hybridized carbons (Fsp3) is 0.455. The molecule has 2 heterocycles. The highest BCUT2D eigenvalue weighted by Crippen LogP contribution is 2.23. The molecular formula is C11H15N5O2S2. The topological polar surface area (TPSA) is 92.7 Å². The van der Waals surface area contributed by atoms with Crippen molar-refractivity contribution >= 4 is 34.1 Å². The Balaban J connectivity index is 2.00. The average Bonchev–Trinajstić information content (AvgIpc) is 2.96. The van der Waals surface area contributed by atoms with Gasteiger partial charge in [0.15, 0.2) is 10.3 Å². The highest BCUT2D eigenvalue weighted by molar-refractivity contribution is 7.98. The number of nitrogens with zero attached hydrogens (tertiary/aromatic N) is 3. The van der Waals surface area contributed by atoms with Gasteiger partial charge in [-0.05, 0) is 6.42 Å². The van der Waals surface area contributed by atoms with E-state index in [2.05, 4.69) is 20.5 Å². The number of aromatic amines is 1. The first-order valence-electron chi connectivity index (χ1n) is 6.10. The molecule has 0 fully saturated rings. The Labute approximate surface area is 123 Å². The van der Waals surface area contributed by atoms with Crippen LogP contribution in [0.15, 0.2) is 15.3 Å². The molecule has 0 bridgehead atoms. The Kier molecular flexibility index (Phi) is 4.96. The molecule has 2 aromatic rings. The molecule has 2 aromatic heterocycles. The summed E-state index contributed by atoms with van der Waals surface area (Å²) in [6, 6.07) is 0. The first-order chi connectivity index (χ1) is 9.60. The minimum atomic E-state index is -0.188. The molecule has 1 amide bonds. The SMILES string of the molecule is CCCn1c(SCc2csc(NC(C)=O)n2)n[nH]c1=O. The number of thioether (sulfide) groups is 1. The van der Waals surface area contributed by atoms with E-state index in [0.717, 1.165) is 12.1 Å². The van der Waals surface area contributed by atoms with Gasteiger partial charge >= 0.3 is 5.69 Å². The van der Waals surface area contributed by atoms with Crippen molar-refractivity contribution in [1.29, 1.82) is 0 Å². The number of amides is 1. The maximum Gasteiger partial charge on any atom is 0.343 e. The Bertz CT molecular complexity index is 645. The summed E-state index contributed by atoms with van der Waals surface area (Å²) in [6.07, 6.45) is 0.871. The number of hydrogen-bond donors (Lipinski definition) is 2. The van der Waals surface area contributed by atoms with E-state index in [4.69, 9.17) is 0 Å². The largest absolute Gasteiger partial charge is 0.343 e. The fourth-order valence-corrected chi connectivity index (χ4v) is 3.28. The molecule has 0 atom stereocenters. The molecule has 0 radical (unpaired) electrons. The molecule has 0 aliphatic carbocycles. The molecule has 9 heteroatoms. The lowest BCUT2D eigenvalue weighted by molar-refractivity contribution is -0.114. The lowest BCUT2D eigenvalue weighted by atomic mass is 10.5. The van der Waals surface area contributed by atoms with Gasteiger partial charge in [-0.2, -0.15) is 0 Å². The van der Waals surface area contributed by atoms with Crippen molar-refractivity contribution in [2.45, 2.75) is 37.7 Å². The number of carbonyl (C=O) groups excluding carboxylic acids is 1. The molecule has 0 saturated heterocycles. The number of hydrogen-bond acceptors (Lipinski definition) is 6. The van der Waals surface area contributed by atoms with E-state index in [1.165, 1.54) is 30.0 Å². The highest BCUT2D eigenvalue weighted by Gasteiger charge is 2.10. The number of aromatic nitrogens is 4. The zero-order valence-corrected chi connectivity index (χ0v) is 12.8. The summed E-state index contributed by atoms with van der Waals surface area (Å²) in [6.45, 7) is 4.10. The molecule has 2 rings (SSSR count). The predicted molar refractivity (Wildman–Crippen MR) is 79.1 cm³/mol. The molecule has 2 N–H and O–H groups in total. The fourth-order valence-electron chi connectivity index (χ4n) is 1.55. The molecule has 0 aliphatic rings. The molecule has 0 aliphatic heterocycles. The summed E-state index contributed by atoms with van der Waals surface area (Å²) in [5.74, 6) is 0.465. The Hall–Kier alpha value is -1.61. The van der Waals surface area contributed by atoms with E-state index in [9.17, 15) is 9.59 Å². The van der Waals surface area contributed by atoms with Gasteiger partial charge in [-0.3, -0.25) is 9.36 Å². The summed E-state index contributed by atoms with van der Waals surface area (Å²) in [7, 11) is 0. The Morgan fingerprint density at radius 3 is 3.10 bits per heavy atom. The van der Waals surface area contributed by atoms with Gasteiger partial charge in [0.2, 0.25) is 5.91 Å². The predicted octanol–water partition coefficient (Wildman–Crippen LogP) is 1.69. The zero-order valence-electron chi connectivity index (χ0n) is 11.2. The lowest BCUT2D eigenvalue weighted by Crippen LogP contribution is -2.17. The van der Waals surface area contributed by atoms with E-state index in [0.29, 0.717) is 22.6 Å². The summed E-state index contributed by atoms with van der Waals surface area (Å²) in [5, 5.41) is 12.2. The van der Waals surface area contributed by atoms with Crippen LogP contribution in [-0.4, -0.2) is 25.7 Å². The smallest absolute Gasteiger partial charge is 0.302 e. The maximum atomic E-state index is 11.5. The van der Waals surface area contributed by atoms with Gasteiger partial charge in [0, 0.05) is 24.6 Å². The minimum Gasteiger partial charge on any atom is -0.302 e. The zero-order chi connectivity index (χ0) is 14.5. The first-order valence-corrected chi connectivity index (χ1v) is 7.96. The van der Waals surface area contributed by atoms with E-state index < -0.39 is 0 Å². The van der Waals surface area contributed by atoms with Crippen LogP contribution in [0.3, 0.4) is 0 Å². The van der Waals surface area contributed by atoms with Crippen LogP contribution in [0.2, 0.25) is 0 Å². The third kappa shape index (κ3) is 3.70. The normalized spacial score (nSPS) is 10.7. The molecule has 108 valence electrons. The van der Waals surface area contributed by atoms with Crippen molar-refractivity contribution in [3.05, 3.63) is 21.6 Å². The second-order valence-electron chi connectivity index (χ2n) is 4.08. The van der Waals surface area contributed by atoms with Gasteiger partial charge in [-0.15, -0.1) is 16.4 Å². The van der Waals surface area contributed by atoms with Crippen LogP contribution in [0.1, 0.15) is 26.0 Å². The van der Waals surface area contributed by atoms with E-state index >= 15 is 0 Å². The number of thiazole rings is 1. The monoisotopic (exact) mass is 313 g/mol. The molecular weight excluding hydrogens is 298 g/mol. The van der Waals surface area contributed by atoms with Crippen LogP contribution < -0.4 is 11.0 Å². The highest BCUT2D eigenvalue weighted by atomic mass is 32.2. The number of rotatable bonds is 6. The van der Waals surface area contributed by atoms with Crippen LogP contribution >= 0.6 is 23.1 Å². The van der Waals surface area contributed by atoms with Crippen molar-refractivity contribution in [2.24, 2.45) is 0 Å². The van der Waals surface area contributed by atoms with Gasteiger partial charge < -0.3 is 5.32 Å². The van der Waals surface area contributed by atoms with Gasteiger partial charge in [-0.25, -0.2) is 14.9 Å². The quantitative estimate of drug-likeness (QED) is 0.792. The number of carbonyl (C=O) groups is 1. The summed E-state index contributed by atoms with van der Waals surface area (Å²) in [5.41, 5.74) is 0.661. The van der Waals surface area contributed by atoms with Crippen molar-refractivity contribution < 1.29 is 4.79 Å². The van der Waals surface area contributed by atoms with Gasteiger partial charge in [0.25, 0.3) is 0 Å². The van der Waals surface area contributed by atoms with E-state index in [1.807, 2.05) is 12.3 Å². The van der Waals surface area contributed by atoms with Gasteiger partial charge in [0.1, 0.15) is 0 Å². The summed E-state index contributed by atoms with van der Waals surface area (Å²) >= 11 is 2.82. The average molecular weight is 313 g/mol. The van der Waals surface area contributed by atoms with E-state index in [1.54, 1.807) is 4.57 Å². The second-order valence-corrected chi connectivity index (χ2v) is 5.88. The van der Waals surface area contributed by atoms with Crippen LogP contribution in [0.5, 0.6) is 0 Å². The van der Waals surface area contributed by atoms with Crippen molar-refractivity contribution in [1.82, 2.24) is 19.7 Å². The Morgan fingerprint density at radius 1 is 1.60 bits per heavy atom. The van der Waals surface area contributed by atoms with Crippen LogP contribution in [0.4, 0.5) is 5.13 Å². The van der Waals surface area contributed by atoms with E-state index in [-0.39, 0.29) is 11.6 Å². The lowest BCUT2D eigenvalue weighted by Gasteiger charge is -2.01. The molecule has 20 heavy (non-hydrogen) atoms. The maximum absolute atomic E-state index is 11.5. The molecule has 7 nitrogen and oxygen atoms in total. The second kappa shape index (κ2) is 6.71. The molecule has 0 saturated carbocycles. The summed E-state index contributed by atoms with van der Waals surface area (Å²) in [4.78, 5) is 26.7. The van der Waals surface area contributed by atoms with Crippen molar-refractivity contribution in [2.75, 3.05) is 5.32 Å². The summed E-state index contributed by atoms with van der Waals surface area (Å²) < 4.78 is 1.62. The van der Waals surface area contributed by atoms with Crippen molar-refractivity contribution in [3.8, 4) is 0 Å². The van der Waals surface area contributed by atoms with Crippen LogP contribution in [0, 0.1) is 0 Å². The molecule has 0 aromatic carbocycles.